The van der Waals surface area contributed by atoms with Crippen LogP contribution in [0.4, 0.5) is 0 Å². The molecule has 1 aliphatic rings. The van der Waals surface area contributed by atoms with Crippen molar-refractivity contribution in [3.8, 4) is 0 Å². The fraction of sp³-hybridized carbons (Fsp3) is 0.700. The fourth-order valence-corrected chi connectivity index (χ4v) is 2.34. The molecule has 0 saturated heterocycles. The van der Waals surface area contributed by atoms with E-state index in [4.69, 9.17) is 4.74 Å². The van der Waals surface area contributed by atoms with Crippen molar-refractivity contribution in [1.29, 1.82) is 0 Å². The maximum absolute atomic E-state index is 5.11. The van der Waals surface area contributed by atoms with Gasteiger partial charge in [-0.1, -0.05) is 0 Å². The Labute approximate surface area is 88.5 Å². The number of nitrogens with one attached hydrogen (secondary N) is 1. The van der Waals surface area contributed by atoms with Crippen LogP contribution in [-0.4, -0.2) is 18.1 Å². The van der Waals surface area contributed by atoms with E-state index in [1.54, 1.807) is 18.4 Å². The molecule has 0 atom stereocenters. The van der Waals surface area contributed by atoms with Gasteiger partial charge in [0.15, 0.2) is 0 Å². The molecule has 1 aromatic rings. The first-order chi connectivity index (χ1) is 6.79. The monoisotopic (exact) mass is 212 g/mol. The number of aryl methyl sites for hydroxylation is 1. The van der Waals surface area contributed by atoms with Gasteiger partial charge in [0.1, 0.15) is 5.01 Å². The molecule has 0 radical (unpaired) electrons. The average molecular weight is 212 g/mol. The number of thiazole rings is 1. The number of aromatic nitrogens is 1. The molecule has 1 heterocycles. The quantitative estimate of drug-likeness (QED) is 0.809. The molecule has 0 unspecified atom stereocenters. The largest absolute Gasteiger partial charge is 0.379 e. The van der Waals surface area contributed by atoms with E-state index in [1.165, 1.54) is 22.7 Å². The van der Waals surface area contributed by atoms with Crippen LogP contribution < -0.4 is 5.32 Å². The summed E-state index contributed by atoms with van der Waals surface area (Å²) in [4.78, 5) is 5.76. The minimum absolute atomic E-state index is 0.687. The van der Waals surface area contributed by atoms with E-state index < -0.39 is 0 Å². The van der Waals surface area contributed by atoms with Crippen molar-refractivity contribution in [2.75, 3.05) is 7.11 Å². The topological polar surface area (TPSA) is 34.1 Å². The molecule has 0 bridgehead atoms. The standard InChI is InChI=1S/C10H16N2OS/c1-7-9(6-13-2)14-10(12-7)5-11-8-3-4-8/h8,11H,3-6H2,1-2H3. The molecule has 78 valence electrons. The SMILES string of the molecule is COCc1sc(CNC2CC2)nc1C. The minimum atomic E-state index is 0.687. The van der Waals surface area contributed by atoms with Crippen molar-refractivity contribution in [3.63, 3.8) is 0 Å². The molecule has 1 aromatic heterocycles. The summed E-state index contributed by atoms with van der Waals surface area (Å²) in [5.74, 6) is 0. The van der Waals surface area contributed by atoms with Gasteiger partial charge < -0.3 is 10.1 Å². The molecule has 0 aliphatic heterocycles. The molecule has 1 N–H and O–H groups in total. The Balaban J connectivity index is 1.92. The van der Waals surface area contributed by atoms with Gasteiger partial charge in [0, 0.05) is 19.7 Å². The lowest BCUT2D eigenvalue weighted by atomic mass is 10.4. The molecule has 1 fully saturated rings. The van der Waals surface area contributed by atoms with Gasteiger partial charge in [0.05, 0.1) is 17.2 Å². The predicted octanol–water partition coefficient (Wildman–Crippen LogP) is 1.85. The number of hydrogen-bond donors (Lipinski definition) is 1. The highest BCUT2D eigenvalue weighted by Gasteiger charge is 2.20. The molecule has 1 saturated carbocycles. The van der Waals surface area contributed by atoms with E-state index in [-0.39, 0.29) is 0 Å². The number of ether oxygens (including phenoxy) is 1. The molecule has 4 heteroatoms. The first kappa shape index (κ1) is 10.1. The van der Waals surface area contributed by atoms with E-state index in [2.05, 4.69) is 10.3 Å². The zero-order valence-electron chi connectivity index (χ0n) is 8.67. The third kappa shape index (κ3) is 2.53. The lowest BCUT2D eigenvalue weighted by Crippen LogP contribution is -2.14. The Hall–Kier alpha value is -0.450. The first-order valence-electron chi connectivity index (χ1n) is 4.97. The van der Waals surface area contributed by atoms with Gasteiger partial charge in [-0.25, -0.2) is 4.98 Å². The number of methoxy groups -OCH3 is 1. The second-order valence-corrected chi connectivity index (χ2v) is 4.87. The van der Waals surface area contributed by atoms with E-state index in [9.17, 15) is 0 Å². The Morgan fingerprint density at radius 2 is 2.36 bits per heavy atom. The molecule has 14 heavy (non-hydrogen) atoms. The summed E-state index contributed by atoms with van der Waals surface area (Å²) >= 11 is 1.76. The maximum atomic E-state index is 5.11. The third-order valence-corrected chi connectivity index (χ3v) is 3.46. The van der Waals surface area contributed by atoms with E-state index in [1.807, 2.05) is 6.92 Å². The summed E-state index contributed by atoms with van der Waals surface area (Å²) in [5.41, 5.74) is 1.12. The van der Waals surface area contributed by atoms with Gasteiger partial charge in [-0.15, -0.1) is 11.3 Å². The number of hydrogen-bond acceptors (Lipinski definition) is 4. The Morgan fingerprint density at radius 1 is 1.57 bits per heavy atom. The van der Waals surface area contributed by atoms with Crippen LogP contribution >= 0.6 is 11.3 Å². The van der Waals surface area contributed by atoms with Crippen LogP contribution in [0.25, 0.3) is 0 Å². The van der Waals surface area contributed by atoms with Crippen LogP contribution in [0.1, 0.15) is 28.4 Å². The predicted molar refractivity (Wildman–Crippen MR) is 57.4 cm³/mol. The Bertz CT molecular complexity index is 307. The Morgan fingerprint density at radius 3 is 3.00 bits per heavy atom. The molecule has 0 aromatic carbocycles. The van der Waals surface area contributed by atoms with Crippen molar-refractivity contribution >= 4 is 11.3 Å². The van der Waals surface area contributed by atoms with Crippen molar-refractivity contribution in [2.24, 2.45) is 0 Å². The summed E-state index contributed by atoms with van der Waals surface area (Å²) in [6, 6.07) is 0.755. The lowest BCUT2D eigenvalue weighted by molar-refractivity contribution is 0.187. The molecular weight excluding hydrogens is 196 g/mol. The van der Waals surface area contributed by atoms with E-state index >= 15 is 0 Å². The molecule has 0 spiro atoms. The van der Waals surface area contributed by atoms with Gasteiger partial charge >= 0.3 is 0 Å². The average Bonchev–Trinajstić information content (AvgIpc) is 2.91. The van der Waals surface area contributed by atoms with Crippen LogP contribution in [0, 0.1) is 6.92 Å². The molecular formula is C10H16N2OS. The normalized spacial score (nSPS) is 16.1. The highest BCUT2D eigenvalue weighted by atomic mass is 32.1. The van der Waals surface area contributed by atoms with Crippen molar-refractivity contribution in [3.05, 3.63) is 15.6 Å². The van der Waals surface area contributed by atoms with Gasteiger partial charge in [0.25, 0.3) is 0 Å². The van der Waals surface area contributed by atoms with E-state index in [0.29, 0.717) is 6.61 Å². The van der Waals surface area contributed by atoms with Crippen molar-refractivity contribution in [2.45, 2.75) is 39.0 Å². The molecule has 1 aliphatic carbocycles. The molecule has 0 amide bonds. The number of nitrogens with zero attached hydrogens (tertiary/aromatic N) is 1. The Kier molecular flexibility index (Phi) is 3.15. The summed E-state index contributed by atoms with van der Waals surface area (Å²) in [5, 5.41) is 4.64. The first-order valence-corrected chi connectivity index (χ1v) is 5.78. The van der Waals surface area contributed by atoms with Crippen molar-refractivity contribution in [1.82, 2.24) is 10.3 Å². The van der Waals surface area contributed by atoms with Crippen LogP contribution in [0.2, 0.25) is 0 Å². The van der Waals surface area contributed by atoms with Crippen LogP contribution in [0.15, 0.2) is 0 Å². The smallest absolute Gasteiger partial charge is 0.107 e. The number of rotatable bonds is 5. The summed E-state index contributed by atoms with van der Waals surface area (Å²) in [6.45, 7) is 3.65. The highest BCUT2D eigenvalue weighted by Crippen LogP contribution is 2.22. The van der Waals surface area contributed by atoms with Gasteiger partial charge in [-0.05, 0) is 19.8 Å². The minimum Gasteiger partial charge on any atom is -0.379 e. The van der Waals surface area contributed by atoms with Crippen LogP contribution in [0.3, 0.4) is 0 Å². The zero-order valence-corrected chi connectivity index (χ0v) is 9.49. The van der Waals surface area contributed by atoms with Gasteiger partial charge in [-0.2, -0.15) is 0 Å². The summed E-state index contributed by atoms with van der Waals surface area (Å²) < 4.78 is 5.11. The van der Waals surface area contributed by atoms with Gasteiger partial charge in [-0.3, -0.25) is 0 Å². The lowest BCUT2D eigenvalue weighted by Gasteiger charge is -1.96. The third-order valence-electron chi connectivity index (χ3n) is 2.33. The van der Waals surface area contributed by atoms with E-state index in [0.717, 1.165) is 18.3 Å². The molecule has 2 rings (SSSR count). The van der Waals surface area contributed by atoms with Crippen LogP contribution in [0.5, 0.6) is 0 Å². The van der Waals surface area contributed by atoms with Crippen molar-refractivity contribution < 1.29 is 4.74 Å². The summed E-state index contributed by atoms with van der Waals surface area (Å²) in [7, 11) is 1.72. The maximum Gasteiger partial charge on any atom is 0.107 e. The highest BCUT2D eigenvalue weighted by molar-refractivity contribution is 7.11. The second-order valence-electron chi connectivity index (χ2n) is 3.70. The molecule has 3 nitrogen and oxygen atoms in total. The van der Waals surface area contributed by atoms with Crippen LogP contribution in [-0.2, 0) is 17.9 Å². The summed E-state index contributed by atoms with van der Waals surface area (Å²) in [6.07, 6.45) is 2.66. The zero-order chi connectivity index (χ0) is 9.97. The fourth-order valence-electron chi connectivity index (χ4n) is 1.35. The second kappa shape index (κ2) is 4.38. The van der Waals surface area contributed by atoms with Gasteiger partial charge in [0.2, 0.25) is 0 Å².